The summed E-state index contributed by atoms with van der Waals surface area (Å²) in [5, 5.41) is 2.70. The van der Waals surface area contributed by atoms with Crippen molar-refractivity contribution >= 4 is 12.0 Å². The minimum absolute atomic E-state index is 0.0176. The summed E-state index contributed by atoms with van der Waals surface area (Å²) in [4.78, 5) is 27.3. The van der Waals surface area contributed by atoms with Gasteiger partial charge in [-0.15, -0.1) is 0 Å². The first-order chi connectivity index (χ1) is 13.5. The number of ether oxygens (including phenoxy) is 3. The number of morpholine rings is 1. The summed E-state index contributed by atoms with van der Waals surface area (Å²) < 4.78 is 15.5. The SMILES string of the molecule is CCN(CCNC(=O)OC)C(C)c1ccc(OCC(=O)N2CCOCC2)cc1. The molecule has 1 aromatic rings. The second-order valence-corrected chi connectivity index (χ2v) is 6.57. The molecule has 0 bridgehead atoms. The maximum atomic E-state index is 12.1. The van der Waals surface area contributed by atoms with Gasteiger partial charge in [0.2, 0.25) is 0 Å². The first-order valence-electron chi connectivity index (χ1n) is 9.69. The predicted molar refractivity (Wildman–Crippen MR) is 105 cm³/mol. The van der Waals surface area contributed by atoms with Gasteiger partial charge in [0, 0.05) is 32.2 Å². The first-order valence-corrected chi connectivity index (χ1v) is 9.69. The maximum absolute atomic E-state index is 12.1. The number of hydrogen-bond acceptors (Lipinski definition) is 6. The number of carbonyl (C=O) groups is 2. The quantitative estimate of drug-likeness (QED) is 0.687. The van der Waals surface area contributed by atoms with E-state index in [1.165, 1.54) is 7.11 Å². The molecule has 1 heterocycles. The molecule has 0 spiro atoms. The van der Waals surface area contributed by atoms with E-state index >= 15 is 0 Å². The van der Waals surface area contributed by atoms with Crippen LogP contribution in [0.1, 0.15) is 25.5 Å². The highest BCUT2D eigenvalue weighted by Crippen LogP contribution is 2.22. The molecule has 156 valence electrons. The van der Waals surface area contributed by atoms with Gasteiger partial charge in [0.25, 0.3) is 5.91 Å². The number of amides is 2. The Morgan fingerprint density at radius 2 is 1.93 bits per heavy atom. The van der Waals surface area contributed by atoms with Gasteiger partial charge >= 0.3 is 6.09 Å². The molecular formula is C20H31N3O5. The van der Waals surface area contributed by atoms with Crippen molar-refractivity contribution < 1.29 is 23.8 Å². The summed E-state index contributed by atoms with van der Waals surface area (Å²) in [6.07, 6.45) is -0.420. The molecule has 2 amide bonds. The number of nitrogens with zero attached hydrogens (tertiary/aromatic N) is 2. The van der Waals surface area contributed by atoms with Gasteiger partial charge in [0.1, 0.15) is 5.75 Å². The van der Waals surface area contributed by atoms with E-state index in [1.54, 1.807) is 4.90 Å². The Morgan fingerprint density at radius 3 is 2.54 bits per heavy atom. The van der Waals surface area contributed by atoms with Crippen LogP contribution in [0.5, 0.6) is 5.75 Å². The van der Waals surface area contributed by atoms with Gasteiger partial charge in [-0.3, -0.25) is 9.69 Å². The highest BCUT2D eigenvalue weighted by Gasteiger charge is 2.18. The number of likely N-dealkylation sites (N-methyl/N-ethyl adjacent to an activating group) is 1. The number of nitrogens with one attached hydrogen (secondary N) is 1. The molecule has 0 aromatic heterocycles. The standard InChI is InChI=1S/C20H31N3O5/c1-4-22(10-9-21-20(25)26-3)16(2)17-5-7-18(8-6-17)28-15-19(24)23-11-13-27-14-12-23/h5-8,16H,4,9-15H2,1-3H3,(H,21,25). The number of benzene rings is 1. The lowest BCUT2D eigenvalue weighted by atomic mass is 10.1. The molecule has 1 aromatic carbocycles. The Bertz CT molecular complexity index is 617. The largest absolute Gasteiger partial charge is 0.484 e. The van der Waals surface area contributed by atoms with Crippen LogP contribution in [0.25, 0.3) is 0 Å². The Morgan fingerprint density at radius 1 is 1.25 bits per heavy atom. The van der Waals surface area contributed by atoms with Crippen LogP contribution in [-0.4, -0.2) is 81.5 Å². The fourth-order valence-corrected chi connectivity index (χ4v) is 3.10. The van der Waals surface area contributed by atoms with Crippen molar-refractivity contribution in [2.45, 2.75) is 19.9 Å². The van der Waals surface area contributed by atoms with Crippen LogP contribution in [0.15, 0.2) is 24.3 Å². The molecule has 1 atom stereocenters. The smallest absolute Gasteiger partial charge is 0.406 e. The summed E-state index contributed by atoms with van der Waals surface area (Å²) in [5.74, 6) is 0.656. The lowest BCUT2D eigenvalue weighted by Crippen LogP contribution is -2.42. The fraction of sp³-hybridized carbons (Fsp3) is 0.600. The molecule has 2 rings (SSSR count). The average Bonchev–Trinajstić information content (AvgIpc) is 2.75. The molecule has 0 radical (unpaired) electrons. The van der Waals surface area contributed by atoms with E-state index in [4.69, 9.17) is 9.47 Å². The summed E-state index contributed by atoms with van der Waals surface area (Å²) in [6.45, 7) is 8.76. The Kier molecular flexibility index (Phi) is 9.03. The molecule has 1 saturated heterocycles. The monoisotopic (exact) mass is 393 g/mol. The number of hydrogen-bond donors (Lipinski definition) is 1. The lowest BCUT2D eigenvalue weighted by Gasteiger charge is -2.28. The minimum atomic E-state index is -0.420. The van der Waals surface area contributed by atoms with Crippen molar-refractivity contribution in [3.05, 3.63) is 29.8 Å². The molecule has 1 aliphatic heterocycles. The molecule has 8 nitrogen and oxygen atoms in total. The molecule has 1 N–H and O–H groups in total. The number of rotatable bonds is 9. The first kappa shape index (κ1) is 22.0. The highest BCUT2D eigenvalue weighted by atomic mass is 16.5. The maximum Gasteiger partial charge on any atom is 0.406 e. The van der Waals surface area contributed by atoms with Crippen LogP contribution in [0.4, 0.5) is 4.79 Å². The number of alkyl carbamates (subject to hydrolysis) is 1. The van der Waals surface area contributed by atoms with Gasteiger partial charge in [0.15, 0.2) is 6.61 Å². The van der Waals surface area contributed by atoms with Crippen molar-refractivity contribution in [2.75, 3.05) is 59.7 Å². The normalized spacial score (nSPS) is 15.2. The van der Waals surface area contributed by atoms with Crippen LogP contribution in [0.2, 0.25) is 0 Å². The molecule has 1 fully saturated rings. The van der Waals surface area contributed by atoms with Crippen molar-refractivity contribution in [2.24, 2.45) is 0 Å². The number of methoxy groups -OCH3 is 1. The van der Waals surface area contributed by atoms with Crippen molar-refractivity contribution in [3.8, 4) is 5.75 Å². The predicted octanol–water partition coefficient (Wildman–Crippen LogP) is 1.66. The average molecular weight is 393 g/mol. The third kappa shape index (κ3) is 6.69. The molecule has 1 aliphatic rings. The van der Waals surface area contributed by atoms with Gasteiger partial charge in [-0.1, -0.05) is 19.1 Å². The van der Waals surface area contributed by atoms with E-state index in [0.29, 0.717) is 38.6 Å². The van der Waals surface area contributed by atoms with Crippen LogP contribution < -0.4 is 10.1 Å². The van der Waals surface area contributed by atoms with Crippen molar-refractivity contribution in [3.63, 3.8) is 0 Å². The van der Waals surface area contributed by atoms with Gasteiger partial charge in [-0.2, -0.15) is 0 Å². The van der Waals surface area contributed by atoms with E-state index in [9.17, 15) is 9.59 Å². The Balaban J connectivity index is 1.82. The van der Waals surface area contributed by atoms with E-state index in [1.807, 2.05) is 24.3 Å². The second kappa shape index (κ2) is 11.5. The van der Waals surface area contributed by atoms with Crippen molar-refractivity contribution in [1.82, 2.24) is 15.1 Å². The third-order valence-electron chi connectivity index (χ3n) is 4.90. The van der Waals surface area contributed by atoms with E-state index in [-0.39, 0.29) is 18.6 Å². The van der Waals surface area contributed by atoms with E-state index in [0.717, 1.165) is 18.7 Å². The molecular weight excluding hydrogens is 362 g/mol. The van der Waals surface area contributed by atoms with Crippen molar-refractivity contribution in [1.29, 1.82) is 0 Å². The second-order valence-electron chi connectivity index (χ2n) is 6.57. The van der Waals surface area contributed by atoms with E-state index in [2.05, 4.69) is 28.8 Å². The molecule has 0 aliphatic carbocycles. The Hall–Kier alpha value is -2.32. The van der Waals surface area contributed by atoms with Gasteiger partial charge < -0.3 is 24.4 Å². The third-order valence-corrected chi connectivity index (χ3v) is 4.90. The minimum Gasteiger partial charge on any atom is -0.484 e. The van der Waals surface area contributed by atoms with Crippen LogP contribution >= 0.6 is 0 Å². The van der Waals surface area contributed by atoms with Crippen LogP contribution in [0.3, 0.4) is 0 Å². The highest BCUT2D eigenvalue weighted by molar-refractivity contribution is 5.77. The number of carbonyl (C=O) groups excluding carboxylic acids is 2. The molecule has 0 saturated carbocycles. The van der Waals surface area contributed by atoms with Gasteiger partial charge in [-0.25, -0.2) is 4.79 Å². The molecule has 1 unspecified atom stereocenters. The zero-order chi connectivity index (χ0) is 20.4. The van der Waals surface area contributed by atoms with Gasteiger partial charge in [-0.05, 0) is 31.2 Å². The molecule has 28 heavy (non-hydrogen) atoms. The zero-order valence-corrected chi connectivity index (χ0v) is 17.0. The Labute approximate surface area is 166 Å². The van der Waals surface area contributed by atoms with Crippen LogP contribution in [0, 0.1) is 0 Å². The summed E-state index contributed by atoms with van der Waals surface area (Å²) in [5.41, 5.74) is 1.15. The topological polar surface area (TPSA) is 80.3 Å². The van der Waals surface area contributed by atoms with E-state index < -0.39 is 6.09 Å². The summed E-state index contributed by atoms with van der Waals surface area (Å²) >= 11 is 0. The fourth-order valence-electron chi connectivity index (χ4n) is 3.10. The summed E-state index contributed by atoms with van der Waals surface area (Å²) in [7, 11) is 1.35. The molecule has 8 heteroatoms. The van der Waals surface area contributed by atoms with Crippen LogP contribution in [-0.2, 0) is 14.3 Å². The summed E-state index contributed by atoms with van der Waals surface area (Å²) in [6, 6.07) is 7.98. The lowest BCUT2D eigenvalue weighted by molar-refractivity contribution is -0.137. The zero-order valence-electron chi connectivity index (χ0n) is 17.0. The van der Waals surface area contributed by atoms with Gasteiger partial charge in [0.05, 0.1) is 20.3 Å².